The highest BCUT2D eigenvalue weighted by Gasteiger charge is 2.47. The third-order valence-electron chi connectivity index (χ3n) is 31.0. The number of unbranched alkanes of at least 4 members (excludes halogenated alkanes) is 2. The lowest BCUT2D eigenvalue weighted by Gasteiger charge is -2.38. The van der Waals surface area contributed by atoms with Gasteiger partial charge in [0.1, 0.15) is 68.4 Å². The lowest BCUT2D eigenvalue weighted by Crippen LogP contribution is -2.34. The zero-order valence-corrected chi connectivity index (χ0v) is 88.0. The van der Waals surface area contributed by atoms with Gasteiger partial charge in [-0.2, -0.15) is 0 Å². The minimum atomic E-state index is -3.09. The normalized spacial score (nSPS) is 23.1. The van der Waals surface area contributed by atoms with Crippen molar-refractivity contribution in [3.8, 4) is 34.5 Å². The molecule has 784 valence electrons. The minimum Gasteiger partial charge on any atom is -0.531 e. The van der Waals surface area contributed by atoms with Crippen molar-refractivity contribution in [2.24, 2.45) is 71.0 Å². The molecule has 1 unspecified atom stereocenters. The summed E-state index contributed by atoms with van der Waals surface area (Å²) in [5.41, 5.74) is 17.1. The summed E-state index contributed by atoms with van der Waals surface area (Å²) >= 11 is 0. The number of aromatic amines is 6. The number of likely N-dealkylation sites (tertiary alicyclic amines) is 1. The van der Waals surface area contributed by atoms with E-state index in [-0.39, 0.29) is 100 Å². The number of methoxy groups -OCH3 is 1. The summed E-state index contributed by atoms with van der Waals surface area (Å²) in [7, 11) is -17.1. The largest absolute Gasteiger partial charge is 0.552 e. The van der Waals surface area contributed by atoms with E-state index in [1.807, 2.05) is 100 Å². The highest BCUT2D eigenvalue weighted by Crippen LogP contribution is 2.56. The lowest BCUT2D eigenvalue weighted by molar-refractivity contribution is 0.216. The van der Waals surface area contributed by atoms with Crippen LogP contribution in [0.5, 0.6) is 34.5 Å². The van der Waals surface area contributed by atoms with E-state index in [1.54, 1.807) is 67.1 Å². The quantitative estimate of drug-likeness (QED) is 0.0194. The Hall–Kier alpha value is -10.8. The van der Waals surface area contributed by atoms with E-state index in [0.29, 0.717) is 75.8 Å². The van der Waals surface area contributed by atoms with Crippen molar-refractivity contribution in [3.63, 3.8) is 0 Å². The second-order valence-electron chi connectivity index (χ2n) is 42.3. The fraction of sp³-hybridized carbons (Fsp3) is 0.471. The molecular formula is C102H125B6N13O23S5. The summed E-state index contributed by atoms with van der Waals surface area (Å²) in [6.07, 6.45) is 36.3. The van der Waals surface area contributed by atoms with Crippen LogP contribution < -0.4 is 27.9 Å². The summed E-state index contributed by atoms with van der Waals surface area (Å²) in [6, 6.07) is 11.8. The van der Waals surface area contributed by atoms with Crippen LogP contribution >= 0.6 is 0 Å². The Labute approximate surface area is 868 Å². The van der Waals surface area contributed by atoms with Gasteiger partial charge in [0, 0.05) is 122 Å². The van der Waals surface area contributed by atoms with E-state index >= 15 is 0 Å². The molecule has 25 rings (SSSR count). The highest BCUT2D eigenvalue weighted by atomic mass is 32.2. The molecular weight excluding hydrogens is 2000 g/mol. The predicted molar refractivity (Wildman–Crippen MR) is 581 cm³/mol. The number of allylic oxidation sites excluding steroid dienone is 5. The van der Waals surface area contributed by atoms with Gasteiger partial charge in [0.2, 0.25) is 0 Å². The average Bonchev–Trinajstić information content (AvgIpc) is 1.68. The fourth-order valence-corrected chi connectivity index (χ4v) is 32.9. The Kier molecular flexibility index (Phi) is 31.2. The van der Waals surface area contributed by atoms with Crippen LogP contribution in [-0.2, 0) is 53.9 Å². The lowest BCUT2D eigenvalue weighted by atomic mass is 9.66. The van der Waals surface area contributed by atoms with Gasteiger partial charge in [-0.25, -0.2) is 72.0 Å². The second-order valence-corrected chi connectivity index (χ2v) is 53.4. The molecule has 6 saturated carbocycles. The first-order valence-corrected chi connectivity index (χ1v) is 61.0. The summed E-state index contributed by atoms with van der Waals surface area (Å²) in [4.78, 5) is 46.9. The number of nitrogens with zero attached hydrogens (tertiary/aromatic N) is 7. The standard InChI is InChI=1S/C18H21BN2O4S.2C18H23BN2O4S.C17H21BN2O5S.C17H21BN2O4S.C14H16BN3O2/c22-19-7-15(17-14-3-4-20-18(14)21-8-16(17)25-19)13-5-12(6-13)10-26(23,24)9-11-1-2-11;2*1-2-3-6-26(23,24)11-12-7-13(8-12)15-9-19(22)25-16-10-21-18-14(17(15)16)4-5-20-18;1-24-4-5-26(22,23)10-11-6-12(7-11)14-8-18(21)25-15-9-20-17-13(16(14)15)2-3-19-17;1-2-5-25(22,23)10-11-6-12(7-11)14-8-18(21)24-15-9-20-17-13(16(14)15)3-4-19-17;1-18-5-3-9(8-18)11-6-15(19)20-12-7-17-14-10(13(11)12)2-4-16-14/h3-4,7-8,11-13,22H,1-2,5-6,9-10H2,(H,20,21);2*4-5,9-10,12-13,22H,2-3,6-8,11H2,1H3,(H,20,21);2-3,8-9,11-12,21H,4-7,10H2,1H3,(H,19,20);3-4,8-9,11-12,21H,2,5-7,10H2,1H3,(H,19,20);2,4,6-7,9,19H,3,5,8H2,1H3,(H,16,17). The van der Waals surface area contributed by atoms with Crippen molar-refractivity contribution in [1.82, 2.24) is 64.7 Å². The molecule has 149 heavy (non-hydrogen) atoms. The van der Waals surface area contributed by atoms with Crippen LogP contribution in [0.3, 0.4) is 0 Å². The SMILES string of the molecule is CCCCS(=O)(=O)CC1CC(C2=CB(O)Oc3cnc4[nH]ccc4c32)C1.CCCCS(=O)(=O)CC1CC(C2=CB(O)Oc3cnc4[nH]ccc4c32)C1.CCCS(=O)(=O)CC1CC(C2=CB(O)Oc3cnc4[nH]ccc4c32)C1.CN1CCC(C2=CB(O)Oc3cnc4[nH]ccc4c32)C1.COCCS(=O)(=O)CC1CC(C2=CB(O)Oc3cnc4[nH]ccc4c32)C1.O=S(=O)(CC1CC1)CC1CC(C2=CB(O)Oc3cnc4[nH]ccc4c32)C1. The monoisotopic (exact) mass is 2130 g/mol. The number of sulfone groups is 5. The zero-order valence-electron chi connectivity index (χ0n) is 84.0. The molecule has 0 radical (unpaired) electrons. The summed E-state index contributed by atoms with van der Waals surface area (Å²) in [6.45, 7) is 8.25. The number of aromatic nitrogens is 12. The molecule has 13 aliphatic rings. The van der Waals surface area contributed by atoms with Crippen molar-refractivity contribution in [2.75, 3.05) is 91.4 Å². The number of H-pyrrole nitrogens is 6. The summed E-state index contributed by atoms with van der Waals surface area (Å²) < 4.78 is 159. The third-order valence-corrected chi connectivity index (χ3v) is 40.6. The molecule has 47 heteroatoms. The molecule has 6 aliphatic carbocycles. The molecule has 0 amide bonds. The van der Waals surface area contributed by atoms with Crippen LogP contribution in [0.25, 0.3) is 99.6 Å². The zero-order chi connectivity index (χ0) is 104. The van der Waals surface area contributed by atoms with Crippen molar-refractivity contribution >= 4 is 192 Å². The van der Waals surface area contributed by atoms with Crippen molar-refractivity contribution in [1.29, 1.82) is 0 Å². The Morgan fingerprint density at radius 2 is 0.544 bits per heavy atom. The molecule has 1 saturated heterocycles. The number of ether oxygens (including phenoxy) is 1. The van der Waals surface area contributed by atoms with E-state index in [4.69, 9.17) is 32.7 Å². The third kappa shape index (κ3) is 23.9. The molecule has 7 fully saturated rings. The predicted octanol–water partition coefficient (Wildman–Crippen LogP) is 12.4. The first kappa shape index (κ1) is 105. The molecule has 0 aromatic carbocycles. The van der Waals surface area contributed by atoms with E-state index in [9.17, 15) is 72.2 Å². The Morgan fingerprint density at radius 3 is 0.765 bits per heavy atom. The molecule has 0 bridgehead atoms. The number of pyridine rings is 6. The molecule has 12 N–H and O–H groups in total. The fourth-order valence-electron chi connectivity index (χ4n) is 23.6. The van der Waals surface area contributed by atoms with Crippen LogP contribution in [0.2, 0.25) is 0 Å². The van der Waals surface area contributed by atoms with Gasteiger partial charge >= 0.3 is 42.7 Å². The number of hydrogen-bond donors (Lipinski definition) is 12. The molecule has 0 spiro atoms. The smallest absolute Gasteiger partial charge is 0.531 e. The average molecular weight is 2130 g/mol. The van der Waals surface area contributed by atoms with Gasteiger partial charge in [-0.05, 0) is 293 Å². The van der Waals surface area contributed by atoms with E-state index in [0.717, 1.165) is 250 Å². The number of rotatable bonds is 29. The van der Waals surface area contributed by atoms with Crippen molar-refractivity contribution < 1.29 is 105 Å². The minimum absolute atomic E-state index is 0.0678. The number of nitrogens with one attached hydrogen (secondary N) is 6. The van der Waals surface area contributed by atoms with Crippen LogP contribution in [-0.4, -0.2) is 271 Å². The topological polar surface area (TPSA) is 532 Å². The molecule has 1 atom stereocenters. The first-order valence-electron chi connectivity index (χ1n) is 51.9. The summed E-state index contributed by atoms with van der Waals surface area (Å²) in [5, 5.41) is 66.0. The maximum absolute atomic E-state index is 12.3. The van der Waals surface area contributed by atoms with E-state index in [2.05, 4.69) is 71.8 Å². The van der Waals surface area contributed by atoms with Gasteiger partial charge < -0.3 is 97.6 Å². The molecule has 12 aromatic rings. The van der Waals surface area contributed by atoms with Gasteiger partial charge in [-0.1, -0.05) is 33.6 Å². The van der Waals surface area contributed by atoms with Gasteiger partial charge in [0.05, 0.1) is 95.6 Å². The highest BCUT2D eigenvalue weighted by molar-refractivity contribution is 7.92. The maximum Gasteiger partial charge on any atom is 0.552 e. The van der Waals surface area contributed by atoms with E-state index < -0.39 is 91.9 Å². The molecule has 12 aromatic heterocycles. The van der Waals surface area contributed by atoms with Gasteiger partial charge in [-0.3, -0.25) is 0 Å². The Balaban J connectivity index is 0.000000108. The Morgan fingerprint density at radius 1 is 0.315 bits per heavy atom. The summed E-state index contributed by atoms with van der Waals surface area (Å²) in [5.74, 6) is 19.8. The maximum atomic E-state index is 12.3. The van der Waals surface area contributed by atoms with Crippen LogP contribution in [0.1, 0.15) is 170 Å². The molecule has 36 nitrogen and oxygen atoms in total. The molecule has 19 heterocycles. The van der Waals surface area contributed by atoms with Crippen LogP contribution in [0.4, 0.5) is 0 Å². The van der Waals surface area contributed by atoms with Crippen LogP contribution in [0, 0.1) is 71.0 Å². The van der Waals surface area contributed by atoms with E-state index in [1.165, 1.54) is 12.7 Å². The van der Waals surface area contributed by atoms with Crippen molar-refractivity contribution in [2.45, 2.75) is 136 Å². The Bertz CT molecular complexity index is 7420. The van der Waals surface area contributed by atoms with Gasteiger partial charge in [0.15, 0.2) is 49.2 Å². The second kappa shape index (κ2) is 44.1. The van der Waals surface area contributed by atoms with Crippen molar-refractivity contribution in [3.05, 3.63) is 180 Å². The van der Waals surface area contributed by atoms with Gasteiger partial charge in [-0.15, -0.1) is 0 Å². The number of fused-ring (bicyclic) bond motifs is 18. The number of hydrogen-bond acceptors (Lipinski definition) is 30. The first-order chi connectivity index (χ1) is 71.6. The van der Waals surface area contributed by atoms with Gasteiger partial charge in [0.25, 0.3) is 0 Å². The molecule has 7 aliphatic heterocycles. The van der Waals surface area contributed by atoms with Crippen LogP contribution in [0.15, 0.2) is 147 Å².